The Morgan fingerprint density at radius 1 is 1.26 bits per heavy atom. The number of hydrogen-bond donors (Lipinski definition) is 0. The van der Waals surface area contributed by atoms with Gasteiger partial charge in [-0.2, -0.15) is 0 Å². The molecule has 0 fully saturated rings. The number of methoxy groups -OCH3 is 1. The molecule has 0 saturated carbocycles. The number of hydrogen-bond acceptors (Lipinski definition) is 3. The standard InChI is InChI=1S/C19H20N2O2/c1-13(2)19-17(12-22)16-8-7-15(23-3)10-18(16)21(19)11-14-6-4-5-9-20-14/h4-10,12-13H,11H2,1-3H3. The molecule has 1 aromatic carbocycles. The second-order valence-electron chi connectivity index (χ2n) is 5.86. The van der Waals surface area contributed by atoms with Crippen LogP contribution in [0.2, 0.25) is 0 Å². The van der Waals surface area contributed by atoms with Crippen molar-refractivity contribution < 1.29 is 9.53 Å². The second kappa shape index (κ2) is 6.24. The molecular weight excluding hydrogens is 288 g/mol. The summed E-state index contributed by atoms with van der Waals surface area (Å²) in [7, 11) is 1.65. The van der Waals surface area contributed by atoms with Gasteiger partial charge in [-0.1, -0.05) is 19.9 Å². The van der Waals surface area contributed by atoms with Crippen LogP contribution in [0, 0.1) is 0 Å². The molecule has 0 bridgehead atoms. The third-order valence-electron chi connectivity index (χ3n) is 4.06. The van der Waals surface area contributed by atoms with Crippen LogP contribution in [0.3, 0.4) is 0 Å². The van der Waals surface area contributed by atoms with E-state index in [4.69, 9.17) is 4.74 Å². The lowest BCUT2D eigenvalue weighted by atomic mass is 10.0. The van der Waals surface area contributed by atoms with Crippen molar-refractivity contribution in [3.8, 4) is 5.75 Å². The fourth-order valence-corrected chi connectivity index (χ4v) is 3.07. The SMILES string of the molecule is COc1ccc2c(C=O)c(C(C)C)n(Cc3ccccn3)c2c1. The molecule has 0 atom stereocenters. The molecule has 3 rings (SSSR count). The maximum Gasteiger partial charge on any atom is 0.152 e. The Labute approximate surface area is 135 Å². The fraction of sp³-hybridized carbons (Fsp3) is 0.263. The summed E-state index contributed by atoms with van der Waals surface area (Å²) in [5.41, 5.74) is 3.76. The van der Waals surface area contributed by atoms with Crippen LogP contribution in [0.5, 0.6) is 5.75 Å². The number of benzene rings is 1. The van der Waals surface area contributed by atoms with Crippen LogP contribution in [-0.2, 0) is 6.54 Å². The quantitative estimate of drug-likeness (QED) is 0.668. The van der Waals surface area contributed by atoms with Gasteiger partial charge in [0.05, 0.1) is 24.9 Å². The molecule has 0 unspecified atom stereocenters. The van der Waals surface area contributed by atoms with E-state index in [0.29, 0.717) is 6.54 Å². The summed E-state index contributed by atoms with van der Waals surface area (Å²) in [5.74, 6) is 1.02. The average Bonchev–Trinajstić information content (AvgIpc) is 2.88. The van der Waals surface area contributed by atoms with Crippen LogP contribution in [0.1, 0.15) is 41.5 Å². The van der Waals surface area contributed by atoms with Gasteiger partial charge < -0.3 is 9.30 Å². The molecule has 23 heavy (non-hydrogen) atoms. The molecule has 0 aliphatic rings. The van der Waals surface area contributed by atoms with Crippen LogP contribution >= 0.6 is 0 Å². The number of carbonyl (C=O) groups excluding carboxylic acids is 1. The topological polar surface area (TPSA) is 44.1 Å². The van der Waals surface area contributed by atoms with Gasteiger partial charge in [-0.25, -0.2) is 0 Å². The molecule has 0 radical (unpaired) electrons. The average molecular weight is 308 g/mol. The van der Waals surface area contributed by atoms with Crippen LogP contribution in [-0.4, -0.2) is 22.9 Å². The van der Waals surface area contributed by atoms with Crippen molar-refractivity contribution in [2.75, 3.05) is 7.11 Å². The summed E-state index contributed by atoms with van der Waals surface area (Å²) < 4.78 is 7.53. The summed E-state index contributed by atoms with van der Waals surface area (Å²) in [6.07, 6.45) is 2.75. The summed E-state index contributed by atoms with van der Waals surface area (Å²) in [5, 5.41) is 0.959. The zero-order valence-corrected chi connectivity index (χ0v) is 13.6. The minimum absolute atomic E-state index is 0.234. The highest BCUT2D eigenvalue weighted by atomic mass is 16.5. The molecule has 0 spiro atoms. The minimum atomic E-state index is 0.234. The highest BCUT2D eigenvalue weighted by Gasteiger charge is 2.20. The molecule has 0 N–H and O–H groups in total. The van der Waals surface area contributed by atoms with Gasteiger partial charge >= 0.3 is 0 Å². The lowest BCUT2D eigenvalue weighted by molar-refractivity contribution is 0.112. The zero-order valence-electron chi connectivity index (χ0n) is 13.6. The van der Waals surface area contributed by atoms with Crippen LogP contribution < -0.4 is 4.74 Å². The predicted octanol–water partition coefficient (Wildman–Crippen LogP) is 4.03. The van der Waals surface area contributed by atoms with Crippen LogP contribution in [0.25, 0.3) is 10.9 Å². The molecule has 0 aliphatic heterocycles. The largest absolute Gasteiger partial charge is 0.497 e. The molecule has 4 heteroatoms. The third kappa shape index (κ3) is 2.72. The zero-order chi connectivity index (χ0) is 16.4. The number of nitrogens with zero attached hydrogens (tertiary/aromatic N) is 2. The highest BCUT2D eigenvalue weighted by Crippen LogP contribution is 2.33. The molecule has 0 saturated heterocycles. The van der Waals surface area contributed by atoms with Crippen molar-refractivity contribution in [1.82, 2.24) is 9.55 Å². The summed E-state index contributed by atoms with van der Waals surface area (Å²) >= 11 is 0. The Kier molecular flexibility index (Phi) is 4.15. The second-order valence-corrected chi connectivity index (χ2v) is 5.86. The molecular formula is C19H20N2O2. The van der Waals surface area contributed by atoms with Crippen LogP contribution in [0.4, 0.5) is 0 Å². The maximum absolute atomic E-state index is 11.7. The van der Waals surface area contributed by atoms with E-state index in [2.05, 4.69) is 23.4 Å². The van der Waals surface area contributed by atoms with E-state index < -0.39 is 0 Å². The third-order valence-corrected chi connectivity index (χ3v) is 4.06. The van der Waals surface area contributed by atoms with E-state index in [1.165, 1.54) is 0 Å². The molecule has 118 valence electrons. The first-order chi connectivity index (χ1) is 11.2. The molecule has 3 aromatic rings. The van der Waals surface area contributed by atoms with Gasteiger partial charge in [0.25, 0.3) is 0 Å². The number of aldehydes is 1. The predicted molar refractivity (Wildman–Crippen MR) is 91.3 cm³/mol. The molecule has 0 amide bonds. The molecule has 0 aliphatic carbocycles. The van der Waals surface area contributed by atoms with Gasteiger partial charge in [0.15, 0.2) is 6.29 Å². The van der Waals surface area contributed by atoms with Crippen molar-refractivity contribution in [3.63, 3.8) is 0 Å². The fourth-order valence-electron chi connectivity index (χ4n) is 3.07. The Bertz CT molecular complexity index is 835. The van der Waals surface area contributed by atoms with Gasteiger partial charge in [0.2, 0.25) is 0 Å². The van der Waals surface area contributed by atoms with Crippen molar-refractivity contribution >= 4 is 17.2 Å². The lowest BCUT2D eigenvalue weighted by Crippen LogP contribution is -2.08. The van der Waals surface area contributed by atoms with Crippen molar-refractivity contribution in [2.24, 2.45) is 0 Å². The Balaban J connectivity index is 2.27. The Hall–Kier alpha value is -2.62. The number of rotatable bonds is 5. The minimum Gasteiger partial charge on any atom is -0.497 e. The molecule has 2 aromatic heterocycles. The van der Waals surface area contributed by atoms with Crippen LogP contribution in [0.15, 0.2) is 42.6 Å². The first-order valence-corrected chi connectivity index (χ1v) is 7.71. The Morgan fingerprint density at radius 2 is 2.09 bits per heavy atom. The number of fused-ring (bicyclic) bond motifs is 1. The number of ether oxygens (including phenoxy) is 1. The first kappa shape index (κ1) is 15.3. The van der Waals surface area contributed by atoms with Gasteiger partial charge in [-0.3, -0.25) is 9.78 Å². The summed E-state index contributed by atoms with van der Waals surface area (Å²) in [6, 6.07) is 11.7. The van der Waals surface area contributed by atoms with E-state index in [1.807, 2.05) is 36.4 Å². The Morgan fingerprint density at radius 3 is 2.70 bits per heavy atom. The summed E-state index contributed by atoms with van der Waals surface area (Å²) in [4.78, 5) is 16.1. The number of carbonyl (C=O) groups is 1. The van der Waals surface area contributed by atoms with E-state index in [-0.39, 0.29) is 5.92 Å². The summed E-state index contributed by atoms with van der Waals surface area (Å²) in [6.45, 7) is 4.84. The monoisotopic (exact) mass is 308 g/mol. The van der Waals surface area contributed by atoms with E-state index in [9.17, 15) is 4.79 Å². The van der Waals surface area contributed by atoms with Gasteiger partial charge in [0.1, 0.15) is 5.75 Å². The van der Waals surface area contributed by atoms with Crippen molar-refractivity contribution in [1.29, 1.82) is 0 Å². The maximum atomic E-state index is 11.7. The van der Waals surface area contributed by atoms with Gasteiger partial charge in [-0.05, 0) is 30.2 Å². The molecule has 4 nitrogen and oxygen atoms in total. The number of aromatic nitrogens is 2. The smallest absolute Gasteiger partial charge is 0.152 e. The number of pyridine rings is 1. The lowest BCUT2D eigenvalue weighted by Gasteiger charge is -2.14. The van der Waals surface area contributed by atoms with Gasteiger partial charge in [0, 0.05) is 28.9 Å². The highest BCUT2D eigenvalue weighted by molar-refractivity contribution is 6.00. The van der Waals surface area contributed by atoms with E-state index >= 15 is 0 Å². The van der Waals surface area contributed by atoms with Gasteiger partial charge in [-0.15, -0.1) is 0 Å². The van der Waals surface area contributed by atoms with E-state index in [1.54, 1.807) is 13.3 Å². The first-order valence-electron chi connectivity index (χ1n) is 7.71. The van der Waals surface area contributed by atoms with Crippen molar-refractivity contribution in [3.05, 3.63) is 59.5 Å². The normalized spacial score (nSPS) is 11.1. The van der Waals surface area contributed by atoms with Crippen molar-refractivity contribution in [2.45, 2.75) is 26.3 Å². The van der Waals surface area contributed by atoms with E-state index in [0.717, 1.165) is 39.9 Å². The molecule has 2 heterocycles.